The monoisotopic (exact) mass is 343 g/mol. The molecule has 0 atom stereocenters. The van der Waals surface area contributed by atoms with Crippen molar-refractivity contribution < 1.29 is 18.3 Å². The second-order valence-corrected chi connectivity index (χ2v) is 5.73. The van der Waals surface area contributed by atoms with Crippen molar-refractivity contribution in [2.24, 2.45) is 7.05 Å². The number of alkyl halides is 2. The second kappa shape index (κ2) is 7.36. The number of ether oxygens (including phenoxy) is 1. The summed E-state index contributed by atoms with van der Waals surface area (Å²) in [6.45, 7) is 0.643. The number of carbonyl (C=O) groups is 1. The molecule has 0 fully saturated rings. The van der Waals surface area contributed by atoms with E-state index >= 15 is 0 Å². The zero-order valence-electron chi connectivity index (χ0n) is 12.7. The first-order valence-electron chi connectivity index (χ1n) is 6.69. The van der Waals surface area contributed by atoms with Gasteiger partial charge in [-0.2, -0.15) is 8.78 Å². The van der Waals surface area contributed by atoms with Crippen molar-refractivity contribution in [3.05, 3.63) is 23.3 Å². The minimum atomic E-state index is -2.92. The molecule has 7 nitrogen and oxygen atoms in total. The minimum Gasteiger partial charge on any atom is -0.434 e. The van der Waals surface area contributed by atoms with Gasteiger partial charge in [-0.25, -0.2) is 4.68 Å². The topological polar surface area (TPSA) is 81.9 Å². The fourth-order valence-electron chi connectivity index (χ4n) is 1.93. The van der Waals surface area contributed by atoms with Gasteiger partial charge in [0, 0.05) is 12.6 Å². The lowest BCUT2D eigenvalue weighted by Crippen LogP contribution is -2.17. The number of anilines is 1. The minimum absolute atomic E-state index is 0.0567. The number of halogens is 2. The van der Waals surface area contributed by atoms with Crippen LogP contribution in [0.25, 0.3) is 0 Å². The Bertz CT molecular complexity index is 708. The van der Waals surface area contributed by atoms with Crippen LogP contribution in [0.4, 0.5) is 14.7 Å². The van der Waals surface area contributed by atoms with Crippen LogP contribution < -0.4 is 10.1 Å². The van der Waals surface area contributed by atoms with Crippen molar-refractivity contribution in [2.75, 3.05) is 11.1 Å². The van der Waals surface area contributed by atoms with E-state index in [2.05, 4.69) is 25.6 Å². The Morgan fingerprint density at radius 2 is 2.22 bits per heavy atom. The number of rotatable bonds is 6. The van der Waals surface area contributed by atoms with E-state index in [-0.39, 0.29) is 11.7 Å². The number of hydrogen-bond donors (Lipinski definition) is 1. The van der Waals surface area contributed by atoms with Gasteiger partial charge < -0.3 is 4.74 Å². The molecule has 2 aromatic rings. The Balaban J connectivity index is 2.33. The number of tetrazole rings is 1. The molecule has 1 aromatic heterocycles. The third-order valence-corrected chi connectivity index (χ3v) is 4.05. The molecule has 0 aliphatic rings. The summed E-state index contributed by atoms with van der Waals surface area (Å²) in [4.78, 5) is 12.9. The van der Waals surface area contributed by atoms with E-state index < -0.39 is 12.5 Å². The number of benzene rings is 1. The maximum atomic E-state index is 12.5. The number of nitrogens with zero attached hydrogens (tertiary/aromatic N) is 4. The van der Waals surface area contributed by atoms with E-state index in [0.717, 1.165) is 0 Å². The molecular weight excluding hydrogens is 328 g/mol. The van der Waals surface area contributed by atoms with Gasteiger partial charge in [0.2, 0.25) is 5.95 Å². The summed E-state index contributed by atoms with van der Waals surface area (Å²) in [6, 6.07) is 2.80. The van der Waals surface area contributed by atoms with Gasteiger partial charge in [-0.3, -0.25) is 10.1 Å². The first-order chi connectivity index (χ1) is 10.9. The van der Waals surface area contributed by atoms with E-state index in [1.54, 1.807) is 14.0 Å². The van der Waals surface area contributed by atoms with Crippen molar-refractivity contribution >= 4 is 23.6 Å². The van der Waals surface area contributed by atoms with Crippen molar-refractivity contribution in [3.8, 4) is 5.75 Å². The summed E-state index contributed by atoms with van der Waals surface area (Å²) in [6.07, 6.45) is 0. The number of nitrogens with one attached hydrogen (secondary N) is 1. The molecule has 2 rings (SSSR count). The second-order valence-electron chi connectivity index (χ2n) is 4.46. The van der Waals surface area contributed by atoms with Crippen LogP contribution >= 0.6 is 11.8 Å². The summed E-state index contributed by atoms with van der Waals surface area (Å²) < 4.78 is 30.8. The predicted molar refractivity (Wildman–Crippen MR) is 81.0 cm³/mol. The molecule has 23 heavy (non-hydrogen) atoms. The molecule has 124 valence electrons. The van der Waals surface area contributed by atoms with Crippen LogP contribution in [0.15, 0.2) is 17.0 Å². The number of amides is 1. The highest BCUT2D eigenvalue weighted by molar-refractivity contribution is 7.99. The van der Waals surface area contributed by atoms with Crippen LogP contribution in [0.3, 0.4) is 0 Å². The standard InChI is InChI=1S/C13H15F2N5O2S/c1-4-23-10-7(2)8(5-6-9(10)22-12(14)15)11(21)16-13-17-18-19-20(13)3/h5-6,12H,4H2,1-3H3,(H,16,17,19,21). The van der Waals surface area contributed by atoms with Crippen LogP contribution in [0, 0.1) is 6.92 Å². The van der Waals surface area contributed by atoms with Crippen molar-refractivity contribution in [1.29, 1.82) is 0 Å². The number of carbonyl (C=O) groups excluding carboxylic acids is 1. The van der Waals surface area contributed by atoms with Gasteiger partial charge in [0.05, 0.1) is 4.90 Å². The van der Waals surface area contributed by atoms with Crippen LogP contribution in [-0.4, -0.2) is 38.5 Å². The molecule has 0 saturated carbocycles. The lowest BCUT2D eigenvalue weighted by molar-refractivity contribution is -0.0517. The molecule has 0 aliphatic heterocycles. The van der Waals surface area contributed by atoms with E-state index in [9.17, 15) is 13.6 Å². The Morgan fingerprint density at radius 3 is 2.78 bits per heavy atom. The van der Waals surface area contributed by atoms with Crippen molar-refractivity contribution in [1.82, 2.24) is 20.2 Å². The van der Waals surface area contributed by atoms with Gasteiger partial charge in [-0.15, -0.1) is 11.8 Å². The maximum Gasteiger partial charge on any atom is 0.387 e. The molecular formula is C13H15F2N5O2S. The fraction of sp³-hybridized carbons (Fsp3) is 0.385. The van der Waals surface area contributed by atoms with E-state index in [0.29, 0.717) is 21.8 Å². The molecule has 1 N–H and O–H groups in total. The van der Waals surface area contributed by atoms with E-state index in [1.807, 2.05) is 6.92 Å². The highest BCUT2D eigenvalue weighted by Crippen LogP contribution is 2.35. The summed E-state index contributed by atoms with van der Waals surface area (Å²) in [5.74, 6) is 0.466. The Morgan fingerprint density at radius 1 is 1.48 bits per heavy atom. The maximum absolute atomic E-state index is 12.5. The zero-order chi connectivity index (χ0) is 17.0. The lowest BCUT2D eigenvalue weighted by atomic mass is 10.1. The molecule has 0 saturated heterocycles. The molecule has 0 aliphatic carbocycles. The van der Waals surface area contributed by atoms with Crippen LogP contribution in [-0.2, 0) is 7.05 Å². The zero-order valence-corrected chi connectivity index (χ0v) is 13.5. The van der Waals surface area contributed by atoms with Crippen molar-refractivity contribution in [2.45, 2.75) is 25.4 Å². The average molecular weight is 343 g/mol. The van der Waals surface area contributed by atoms with E-state index in [4.69, 9.17) is 0 Å². The quantitative estimate of drug-likeness (QED) is 0.812. The molecule has 1 aromatic carbocycles. The third kappa shape index (κ3) is 3.95. The van der Waals surface area contributed by atoms with Crippen LogP contribution in [0.2, 0.25) is 0 Å². The molecule has 0 unspecified atom stereocenters. The SMILES string of the molecule is CCSc1c(OC(F)F)ccc(C(=O)Nc2nnnn2C)c1C. The largest absolute Gasteiger partial charge is 0.434 e. The Kier molecular flexibility index (Phi) is 5.48. The molecule has 0 spiro atoms. The third-order valence-electron chi connectivity index (χ3n) is 2.96. The lowest BCUT2D eigenvalue weighted by Gasteiger charge is -2.15. The predicted octanol–water partition coefficient (Wildman–Crippen LogP) is 2.48. The van der Waals surface area contributed by atoms with Gasteiger partial charge in [0.15, 0.2) is 0 Å². The fourth-order valence-corrected chi connectivity index (χ4v) is 2.80. The number of aromatic nitrogens is 4. The first kappa shape index (κ1) is 17.1. The van der Waals surface area contributed by atoms with Gasteiger partial charge >= 0.3 is 6.61 Å². The van der Waals surface area contributed by atoms with Gasteiger partial charge in [-0.05, 0) is 40.8 Å². The van der Waals surface area contributed by atoms with Gasteiger partial charge in [-0.1, -0.05) is 12.0 Å². The number of thioether (sulfide) groups is 1. The summed E-state index contributed by atoms with van der Waals surface area (Å²) in [7, 11) is 1.58. The van der Waals surface area contributed by atoms with Gasteiger partial charge in [0.1, 0.15) is 5.75 Å². The van der Waals surface area contributed by atoms with E-state index in [1.165, 1.54) is 28.6 Å². The summed E-state index contributed by atoms with van der Waals surface area (Å²) in [5, 5.41) is 13.3. The molecule has 0 bridgehead atoms. The molecule has 1 amide bonds. The normalized spacial score (nSPS) is 10.9. The molecule has 10 heteroatoms. The summed E-state index contributed by atoms with van der Waals surface area (Å²) >= 11 is 1.33. The van der Waals surface area contributed by atoms with Crippen molar-refractivity contribution in [3.63, 3.8) is 0 Å². The smallest absolute Gasteiger partial charge is 0.387 e. The average Bonchev–Trinajstić information content (AvgIpc) is 2.87. The molecule has 1 heterocycles. The number of hydrogen-bond acceptors (Lipinski definition) is 6. The first-order valence-corrected chi connectivity index (χ1v) is 7.67. The highest BCUT2D eigenvalue weighted by atomic mass is 32.2. The Labute approximate surface area is 135 Å². The van der Waals surface area contributed by atoms with Gasteiger partial charge in [0.25, 0.3) is 5.91 Å². The summed E-state index contributed by atoms with van der Waals surface area (Å²) in [5.41, 5.74) is 0.896. The van der Waals surface area contributed by atoms with Crippen LogP contribution in [0.1, 0.15) is 22.8 Å². The number of aryl methyl sites for hydroxylation is 1. The molecule has 0 radical (unpaired) electrons. The highest BCUT2D eigenvalue weighted by Gasteiger charge is 2.19. The van der Waals surface area contributed by atoms with Crippen LogP contribution in [0.5, 0.6) is 5.75 Å². The Hall–Kier alpha value is -2.23.